The van der Waals surface area contributed by atoms with Crippen molar-refractivity contribution in [2.45, 2.75) is 18.7 Å². The average Bonchev–Trinajstić information content (AvgIpc) is 3.07. The third kappa shape index (κ3) is 3.74. The predicted molar refractivity (Wildman–Crippen MR) is 82.7 cm³/mol. The predicted octanol–water partition coefficient (Wildman–Crippen LogP) is 0.673. The standard InChI is InChI=1S/C14H19N5O3S/c1-12(14-15-4-2-5-16-14)18-6-8-19(9-7-18)23(20,21)11-13-3-10-22-17-13/h2-5,10,12H,6-9,11H2,1H3. The second kappa shape index (κ2) is 6.73. The second-order valence-electron chi connectivity index (χ2n) is 5.46. The van der Waals surface area contributed by atoms with Crippen molar-refractivity contribution in [3.8, 4) is 0 Å². The molecular formula is C14H19N5O3S. The monoisotopic (exact) mass is 337 g/mol. The number of hydrogen-bond donors (Lipinski definition) is 0. The smallest absolute Gasteiger partial charge is 0.220 e. The second-order valence-corrected chi connectivity index (χ2v) is 7.43. The highest BCUT2D eigenvalue weighted by Gasteiger charge is 2.30. The summed E-state index contributed by atoms with van der Waals surface area (Å²) >= 11 is 0. The minimum atomic E-state index is -3.37. The van der Waals surface area contributed by atoms with Crippen molar-refractivity contribution in [2.24, 2.45) is 0 Å². The van der Waals surface area contributed by atoms with Crippen molar-refractivity contribution in [3.05, 3.63) is 42.3 Å². The Morgan fingerprint density at radius 2 is 1.91 bits per heavy atom. The first-order chi connectivity index (χ1) is 11.1. The number of aromatic nitrogens is 3. The fraction of sp³-hybridized carbons (Fsp3) is 0.500. The van der Waals surface area contributed by atoms with Gasteiger partial charge in [-0.1, -0.05) is 5.16 Å². The molecule has 0 N–H and O–H groups in total. The number of sulfonamides is 1. The van der Waals surface area contributed by atoms with Gasteiger partial charge < -0.3 is 4.52 Å². The van der Waals surface area contributed by atoms with Crippen LogP contribution in [0.2, 0.25) is 0 Å². The van der Waals surface area contributed by atoms with E-state index in [1.165, 1.54) is 10.6 Å². The van der Waals surface area contributed by atoms with Crippen molar-refractivity contribution < 1.29 is 12.9 Å². The Morgan fingerprint density at radius 3 is 2.52 bits per heavy atom. The Morgan fingerprint density at radius 1 is 1.22 bits per heavy atom. The molecule has 23 heavy (non-hydrogen) atoms. The summed E-state index contributed by atoms with van der Waals surface area (Å²) in [6.45, 7) is 4.25. The van der Waals surface area contributed by atoms with Crippen molar-refractivity contribution in [2.75, 3.05) is 26.2 Å². The number of nitrogens with zero attached hydrogens (tertiary/aromatic N) is 5. The Kier molecular flexibility index (Phi) is 4.69. The molecule has 3 rings (SSSR count). The van der Waals surface area contributed by atoms with Crippen molar-refractivity contribution in [1.29, 1.82) is 0 Å². The SMILES string of the molecule is CC(c1ncccn1)N1CCN(S(=O)(=O)Cc2ccon2)CC1. The van der Waals surface area contributed by atoms with Crippen molar-refractivity contribution in [3.63, 3.8) is 0 Å². The van der Waals surface area contributed by atoms with Gasteiger partial charge in [0, 0.05) is 44.6 Å². The molecule has 1 aliphatic rings. The molecule has 0 amide bonds. The highest BCUT2D eigenvalue weighted by molar-refractivity contribution is 7.88. The van der Waals surface area contributed by atoms with Crippen LogP contribution in [0.4, 0.5) is 0 Å². The van der Waals surface area contributed by atoms with E-state index in [1.54, 1.807) is 24.5 Å². The van der Waals surface area contributed by atoms with E-state index in [0.29, 0.717) is 31.9 Å². The fourth-order valence-corrected chi connectivity index (χ4v) is 4.07. The van der Waals surface area contributed by atoms with Crippen molar-refractivity contribution in [1.82, 2.24) is 24.3 Å². The Bertz CT molecular complexity index is 712. The van der Waals surface area contributed by atoms with E-state index in [4.69, 9.17) is 4.52 Å². The van der Waals surface area contributed by atoms with Crippen LogP contribution in [0.25, 0.3) is 0 Å². The zero-order valence-corrected chi connectivity index (χ0v) is 13.7. The van der Waals surface area contributed by atoms with E-state index >= 15 is 0 Å². The third-order valence-electron chi connectivity index (χ3n) is 4.00. The normalized spacial score (nSPS) is 18.8. The van der Waals surface area contributed by atoms with E-state index in [0.717, 1.165) is 5.82 Å². The Labute approximate surface area is 135 Å². The van der Waals surface area contributed by atoms with Crippen LogP contribution in [0, 0.1) is 0 Å². The molecule has 0 aromatic carbocycles. The molecule has 1 aliphatic heterocycles. The highest BCUT2D eigenvalue weighted by Crippen LogP contribution is 2.20. The summed E-state index contributed by atoms with van der Waals surface area (Å²) in [4.78, 5) is 10.7. The lowest BCUT2D eigenvalue weighted by molar-refractivity contribution is 0.141. The van der Waals surface area contributed by atoms with E-state index < -0.39 is 10.0 Å². The maximum Gasteiger partial charge on any atom is 0.220 e. The quantitative estimate of drug-likeness (QED) is 0.792. The molecule has 0 aliphatic carbocycles. The molecule has 9 heteroatoms. The maximum atomic E-state index is 12.4. The Hall–Kier alpha value is -1.84. The first-order valence-electron chi connectivity index (χ1n) is 7.44. The summed E-state index contributed by atoms with van der Waals surface area (Å²) in [6, 6.07) is 3.42. The lowest BCUT2D eigenvalue weighted by atomic mass is 10.2. The van der Waals surface area contributed by atoms with Gasteiger partial charge in [-0.15, -0.1) is 0 Å². The summed E-state index contributed by atoms with van der Waals surface area (Å²) in [7, 11) is -3.37. The largest absolute Gasteiger partial charge is 0.364 e. The van der Waals surface area contributed by atoms with Crippen LogP contribution in [0.15, 0.2) is 35.3 Å². The molecule has 124 valence electrons. The average molecular weight is 337 g/mol. The van der Waals surface area contributed by atoms with Gasteiger partial charge in [0.05, 0.1) is 11.7 Å². The fourth-order valence-electron chi connectivity index (χ4n) is 2.65. The zero-order valence-electron chi connectivity index (χ0n) is 12.9. The molecule has 0 radical (unpaired) electrons. The summed E-state index contributed by atoms with van der Waals surface area (Å²) in [5.74, 6) is 0.632. The molecule has 3 heterocycles. The molecule has 1 unspecified atom stereocenters. The van der Waals surface area contributed by atoms with Gasteiger partial charge in [0.2, 0.25) is 10.0 Å². The summed E-state index contributed by atoms with van der Waals surface area (Å²) < 4.78 is 31.0. The molecule has 1 fully saturated rings. The minimum Gasteiger partial charge on any atom is -0.364 e. The first kappa shape index (κ1) is 16.0. The van der Waals surface area contributed by atoms with Gasteiger partial charge in [0.1, 0.15) is 17.8 Å². The molecule has 0 bridgehead atoms. The summed E-state index contributed by atoms with van der Waals surface area (Å²) in [6.07, 6.45) is 4.82. The minimum absolute atomic E-state index is 0.0663. The van der Waals surface area contributed by atoms with Gasteiger partial charge in [-0.05, 0) is 13.0 Å². The van der Waals surface area contributed by atoms with E-state index in [9.17, 15) is 8.42 Å². The first-order valence-corrected chi connectivity index (χ1v) is 9.05. The van der Waals surface area contributed by atoms with Crippen LogP contribution in [-0.2, 0) is 15.8 Å². The highest BCUT2D eigenvalue weighted by atomic mass is 32.2. The molecule has 2 aromatic heterocycles. The Balaban J connectivity index is 1.60. The molecule has 1 atom stereocenters. The number of rotatable bonds is 5. The van der Waals surface area contributed by atoms with Gasteiger partial charge in [0.25, 0.3) is 0 Å². The lowest BCUT2D eigenvalue weighted by Gasteiger charge is -2.36. The summed E-state index contributed by atoms with van der Waals surface area (Å²) in [5, 5.41) is 3.67. The van der Waals surface area contributed by atoms with Gasteiger partial charge in [0.15, 0.2) is 0 Å². The van der Waals surface area contributed by atoms with E-state index in [1.807, 2.05) is 6.92 Å². The summed E-state index contributed by atoms with van der Waals surface area (Å²) in [5.41, 5.74) is 0.429. The van der Waals surface area contributed by atoms with Crippen LogP contribution in [0.3, 0.4) is 0 Å². The van der Waals surface area contributed by atoms with E-state index in [2.05, 4.69) is 20.0 Å². The van der Waals surface area contributed by atoms with Crippen LogP contribution >= 0.6 is 0 Å². The van der Waals surface area contributed by atoms with Crippen LogP contribution in [0.5, 0.6) is 0 Å². The zero-order chi connectivity index (χ0) is 16.3. The van der Waals surface area contributed by atoms with Crippen molar-refractivity contribution >= 4 is 10.0 Å². The van der Waals surface area contributed by atoms with Gasteiger partial charge in [-0.25, -0.2) is 18.4 Å². The van der Waals surface area contributed by atoms with Crippen LogP contribution in [-0.4, -0.2) is 58.9 Å². The molecule has 2 aromatic rings. The van der Waals surface area contributed by atoms with Gasteiger partial charge in [-0.3, -0.25) is 4.90 Å². The maximum absolute atomic E-state index is 12.4. The number of hydrogen-bond acceptors (Lipinski definition) is 7. The lowest BCUT2D eigenvalue weighted by Crippen LogP contribution is -2.49. The third-order valence-corrected chi connectivity index (χ3v) is 5.81. The van der Waals surface area contributed by atoms with Crippen LogP contribution < -0.4 is 0 Å². The number of piperazine rings is 1. The topological polar surface area (TPSA) is 92.4 Å². The van der Waals surface area contributed by atoms with Crippen LogP contribution in [0.1, 0.15) is 24.5 Å². The van der Waals surface area contributed by atoms with Gasteiger partial charge in [-0.2, -0.15) is 4.31 Å². The van der Waals surface area contributed by atoms with E-state index in [-0.39, 0.29) is 11.8 Å². The molecule has 1 saturated heterocycles. The molecular weight excluding hydrogens is 318 g/mol. The molecule has 8 nitrogen and oxygen atoms in total. The molecule has 0 spiro atoms. The van der Waals surface area contributed by atoms with Gasteiger partial charge >= 0.3 is 0 Å². The molecule has 0 saturated carbocycles.